The van der Waals surface area contributed by atoms with E-state index in [0.29, 0.717) is 11.2 Å². The Hall–Kier alpha value is -0.710. The Morgan fingerprint density at radius 1 is 1.17 bits per heavy atom. The van der Waals surface area contributed by atoms with Gasteiger partial charge in [-0.05, 0) is 55.9 Å². The Morgan fingerprint density at radius 2 is 1.91 bits per heavy atom. The van der Waals surface area contributed by atoms with E-state index in [0.717, 1.165) is 76.8 Å². The average Bonchev–Trinajstić information content (AvgIpc) is 2.95. The van der Waals surface area contributed by atoms with Crippen LogP contribution < -0.4 is 0 Å². The summed E-state index contributed by atoms with van der Waals surface area (Å²) in [7, 11) is 3.47. The molecule has 0 aliphatic heterocycles. The highest BCUT2D eigenvalue weighted by molar-refractivity contribution is 6.02. The first-order chi connectivity index (χ1) is 11.1. The summed E-state index contributed by atoms with van der Waals surface area (Å²) in [5.74, 6) is 0.401. The topological polar surface area (TPSA) is 44.8 Å². The lowest BCUT2D eigenvalue weighted by Gasteiger charge is -2.69. The number of carbonyl (C=O) groups excluding carboxylic acids is 1. The summed E-state index contributed by atoms with van der Waals surface area (Å²) >= 11 is 0. The van der Waals surface area contributed by atoms with Crippen LogP contribution in [-0.4, -0.2) is 45.9 Å². The van der Waals surface area contributed by atoms with Crippen LogP contribution in [-0.2, 0) is 19.0 Å². The van der Waals surface area contributed by atoms with Crippen molar-refractivity contribution in [1.29, 1.82) is 0 Å². The minimum Gasteiger partial charge on any atom is -0.385 e. The number of Topliss-reactive ketones (excluding diaryl/α,β-unsaturated/α-hetero) is 1. The molecule has 4 rings (SSSR count). The maximum Gasteiger partial charge on any atom is 0.164 e. The van der Waals surface area contributed by atoms with Gasteiger partial charge in [0, 0.05) is 39.3 Å². The smallest absolute Gasteiger partial charge is 0.164 e. The van der Waals surface area contributed by atoms with Crippen LogP contribution in [0.1, 0.15) is 51.4 Å². The molecule has 3 saturated carbocycles. The van der Waals surface area contributed by atoms with Crippen LogP contribution in [0.4, 0.5) is 0 Å². The molecule has 23 heavy (non-hydrogen) atoms. The number of hydrogen-bond acceptors (Lipinski definition) is 4. The van der Waals surface area contributed by atoms with E-state index >= 15 is 0 Å². The van der Waals surface area contributed by atoms with Gasteiger partial charge in [0.05, 0.1) is 12.7 Å². The van der Waals surface area contributed by atoms with Gasteiger partial charge < -0.3 is 14.2 Å². The minimum absolute atomic E-state index is 0.0315. The molecular formula is C19H30O4. The van der Waals surface area contributed by atoms with Crippen LogP contribution in [0.3, 0.4) is 0 Å². The molecule has 130 valence electrons. The molecule has 1 unspecified atom stereocenters. The van der Waals surface area contributed by atoms with E-state index in [1.807, 2.05) is 0 Å². The van der Waals surface area contributed by atoms with Gasteiger partial charge in [-0.3, -0.25) is 4.79 Å². The van der Waals surface area contributed by atoms with Crippen molar-refractivity contribution in [3.8, 4) is 0 Å². The zero-order chi connectivity index (χ0) is 16.3. The van der Waals surface area contributed by atoms with Crippen molar-refractivity contribution in [2.75, 3.05) is 34.0 Å². The maximum absolute atomic E-state index is 12.7. The van der Waals surface area contributed by atoms with Gasteiger partial charge in [0.1, 0.15) is 0 Å². The van der Waals surface area contributed by atoms with Crippen molar-refractivity contribution >= 4 is 5.78 Å². The molecule has 0 saturated heterocycles. The molecule has 0 spiro atoms. The van der Waals surface area contributed by atoms with Crippen LogP contribution in [0, 0.1) is 10.8 Å². The predicted molar refractivity (Wildman–Crippen MR) is 88.4 cm³/mol. The van der Waals surface area contributed by atoms with E-state index in [1.54, 1.807) is 14.2 Å². The molecule has 4 heteroatoms. The molecule has 1 atom stereocenters. The summed E-state index contributed by atoms with van der Waals surface area (Å²) in [4.78, 5) is 12.7. The first-order valence-corrected chi connectivity index (χ1v) is 8.96. The van der Waals surface area contributed by atoms with Crippen LogP contribution in [0.5, 0.6) is 0 Å². The lowest BCUT2D eigenvalue weighted by atomic mass is 9.34. The Balaban J connectivity index is 1.32. The third-order valence-electron chi connectivity index (χ3n) is 5.87. The molecule has 4 nitrogen and oxygen atoms in total. The van der Waals surface area contributed by atoms with Gasteiger partial charge in [-0.15, -0.1) is 0 Å². The summed E-state index contributed by atoms with van der Waals surface area (Å²) < 4.78 is 16.3. The fraction of sp³-hybridized carbons (Fsp3) is 0.842. The second-order valence-corrected chi connectivity index (χ2v) is 7.77. The first kappa shape index (κ1) is 17.1. The highest BCUT2D eigenvalue weighted by atomic mass is 16.5. The van der Waals surface area contributed by atoms with Crippen LogP contribution in [0.25, 0.3) is 0 Å². The second-order valence-electron chi connectivity index (χ2n) is 7.77. The summed E-state index contributed by atoms with van der Waals surface area (Å²) in [5, 5.41) is 0. The van der Waals surface area contributed by atoms with Crippen molar-refractivity contribution in [2.45, 2.75) is 57.5 Å². The zero-order valence-electron chi connectivity index (χ0n) is 14.6. The van der Waals surface area contributed by atoms with Crippen molar-refractivity contribution in [1.82, 2.24) is 0 Å². The number of ether oxygens (including phenoxy) is 3. The minimum atomic E-state index is -0.0315. The van der Waals surface area contributed by atoms with Gasteiger partial charge in [-0.1, -0.05) is 6.08 Å². The lowest BCUT2D eigenvalue weighted by molar-refractivity contribution is -0.222. The van der Waals surface area contributed by atoms with E-state index in [-0.39, 0.29) is 11.5 Å². The highest BCUT2D eigenvalue weighted by Gasteiger charge is 2.71. The number of hydrogen-bond donors (Lipinski definition) is 0. The average molecular weight is 322 g/mol. The Bertz CT molecular complexity index is 448. The number of carbonyl (C=O) groups is 1. The third-order valence-corrected chi connectivity index (χ3v) is 5.87. The van der Waals surface area contributed by atoms with E-state index in [4.69, 9.17) is 14.2 Å². The van der Waals surface area contributed by atoms with Crippen LogP contribution in [0.15, 0.2) is 11.6 Å². The predicted octanol–water partition coefficient (Wildman–Crippen LogP) is 3.29. The molecule has 0 N–H and O–H groups in total. The molecule has 0 aromatic heterocycles. The molecule has 0 amide bonds. The van der Waals surface area contributed by atoms with Crippen molar-refractivity contribution in [3.63, 3.8) is 0 Å². The monoisotopic (exact) mass is 322 g/mol. The van der Waals surface area contributed by atoms with Gasteiger partial charge in [0.15, 0.2) is 5.78 Å². The standard InChI is InChI=1S/C19H30O4/c1-21-8-4-3-5-9-23-14-18-11-19(12-18,13-18)17(20)15-6-7-16(10-15)22-2/h6,16H,3-5,7-14H2,1-2H3. The molecule has 0 aromatic rings. The molecule has 0 radical (unpaired) electrons. The zero-order valence-corrected chi connectivity index (χ0v) is 14.6. The van der Waals surface area contributed by atoms with Gasteiger partial charge in [0.25, 0.3) is 0 Å². The SMILES string of the molecule is COCCCCCOCC12CC(C(=O)C3=CCC(OC)C3)(C1)C2. The highest BCUT2D eigenvalue weighted by Crippen LogP contribution is 2.74. The molecular weight excluding hydrogens is 292 g/mol. The van der Waals surface area contributed by atoms with E-state index in [9.17, 15) is 4.79 Å². The molecule has 0 aromatic carbocycles. The Kier molecular flexibility index (Phi) is 5.24. The quantitative estimate of drug-likeness (QED) is 0.548. The molecule has 2 bridgehead atoms. The van der Waals surface area contributed by atoms with Gasteiger partial charge in [0.2, 0.25) is 0 Å². The summed E-state index contributed by atoms with van der Waals surface area (Å²) in [5.41, 5.74) is 1.31. The van der Waals surface area contributed by atoms with E-state index < -0.39 is 0 Å². The van der Waals surface area contributed by atoms with Gasteiger partial charge >= 0.3 is 0 Å². The fourth-order valence-electron chi connectivity index (χ4n) is 4.70. The van der Waals surface area contributed by atoms with Crippen LogP contribution >= 0.6 is 0 Å². The van der Waals surface area contributed by atoms with E-state index in [1.165, 1.54) is 0 Å². The van der Waals surface area contributed by atoms with E-state index in [2.05, 4.69) is 6.08 Å². The molecule has 3 fully saturated rings. The number of methoxy groups -OCH3 is 2. The molecule has 4 aliphatic rings. The van der Waals surface area contributed by atoms with Gasteiger partial charge in [-0.2, -0.15) is 0 Å². The van der Waals surface area contributed by atoms with Crippen molar-refractivity contribution in [3.05, 3.63) is 11.6 Å². The summed E-state index contributed by atoms with van der Waals surface area (Å²) in [6, 6.07) is 0. The largest absolute Gasteiger partial charge is 0.385 e. The van der Waals surface area contributed by atoms with Gasteiger partial charge in [-0.25, -0.2) is 0 Å². The number of rotatable bonds is 11. The summed E-state index contributed by atoms with van der Waals surface area (Å²) in [6.07, 6.45) is 10.5. The van der Waals surface area contributed by atoms with Crippen molar-refractivity contribution < 1.29 is 19.0 Å². The lowest BCUT2D eigenvalue weighted by Crippen LogP contribution is -2.67. The Labute approximate surface area is 139 Å². The molecule has 4 aliphatic carbocycles. The summed E-state index contributed by atoms with van der Waals surface area (Å²) in [6.45, 7) is 2.52. The number of ketones is 1. The van der Waals surface area contributed by atoms with Crippen LogP contribution in [0.2, 0.25) is 0 Å². The second kappa shape index (κ2) is 7.04. The first-order valence-electron chi connectivity index (χ1n) is 8.96. The number of unbranched alkanes of at least 4 members (excludes halogenated alkanes) is 2. The fourth-order valence-corrected chi connectivity index (χ4v) is 4.70. The Morgan fingerprint density at radius 3 is 2.57 bits per heavy atom. The maximum atomic E-state index is 12.7. The third kappa shape index (κ3) is 3.40. The van der Waals surface area contributed by atoms with Crippen molar-refractivity contribution in [2.24, 2.45) is 10.8 Å². The molecule has 0 heterocycles. The normalized spacial score (nSPS) is 34.7.